The molecule has 1 amide bonds. The van der Waals surface area contributed by atoms with Crippen LogP contribution in [-0.4, -0.2) is 39.9 Å². The summed E-state index contributed by atoms with van der Waals surface area (Å²) in [5.74, 6) is -1.93. The molecule has 0 saturated carbocycles. The van der Waals surface area contributed by atoms with Crippen LogP contribution in [0.5, 0.6) is 0 Å². The summed E-state index contributed by atoms with van der Waals surface area (Å²) < 4.78 is 5.11. The number of hydrogen-bond acceptors (Lipinski definition) is 4. The lowest BCUT2D eigenvalue weighted by Gasteiger charge is -2.22. The first-order valence-corrected chi connectivity index (χ1v) is 8.37. The van der Waals surface area contributed by atoms with E-state index in [4.69, 9.17) is 14.6 Å². The molecule has 1 unspecified atom stereocenters. The lowest BCUT2D eigenvalue weighted by molar-refractivity contribution is -0.139. The van der Waals surface area contributed by atoms with E-state index in [0.717, 1.165) is 23.3 Å². The second-order valence-electron chi connectivity index (χ2n) is 6.94. The molecule has 2 rings (SSSR count). The summed E-state index contributed by atoms with van der Waals surface area (Å²) in [6.07, 6.45) is -0.537. The van der Waals surface area contributed by atoms with Gasteiger partial charge in [0.1, 0.15) is 11.6 Å². The van der Waals surface area contributed by atoms with Crippen LogP contribution in [0, 0.1) is 0 Å². The molecule has 0 aliphatic rings. The monoisotopic (exact) mass is 375 g/mol. The molecule has 0 aromatic heterocycles. The van der Waals surface area contributed by atoms with E-state index in [1.807, 2.05) is 42.5 Å². The lowest BCUT2D eigenvalue weighted by Crippen LogP contribution is -2.44. The number of carbonyl (C=O) groups is 3. The van der Waals surface area contributed by atoms with Gasteiger partial charge in [0.05, 0.1) is 0 Å². The molecule has 1 atom stereocenters. The Morgan fingerprint density at radius 1 is 1.04 bits per heavy atom. The molecule has 3 N–H and O–H groups in total. The topological polar surface area (TPSA) is 113 Å². The van der Waals surface area contributed by atoms with Crippen molar-refractivity contribution in [3.05, 3.63) is 48.0 Å². The molecule has 0 radical (unpaired) electrons. The first-order chi connectivity index (χ1) is 12.5. The minimum atomic E-state index is -1.09. The van der Waals surface area contributed by atoms with E-state index >= 15 is 0 Å². The number of benzene rings is 2. The first kappa shape index (κ1) is 22.0. The zero-order valence-electron chi connectivity index (χ0n) is 15.9. The smallest absolute Gasteiger partial charge is 0.408 e. The van der Waals surface area contributed by atoms with Crippen LogP contribution in [0.4, 0.5) is 4.79 Å². The SMILES string of the molecule is CC(=O)O.CC(C)(C)OC(=O)NC(Cc1ccc2ccccc2c1)C(=O)O. The molecule has 7 nitrogen and oxygen atoms in total. The average molecular weight is 375 g/mol. The first-order valence-electron chi connectivity index (χ1n) is 8.37. The Hall–Kier alpha value is -3.09. The maximum absolute atomic E-state index is 11.8. The number of alkyl carbamates (subject to hydrolysis) is 1. The highest BCUT2D eigenvalue weighted by atomic mass is 16.6. The fraction of sp³-hybridized carbons (Fsp3) is 0.350. The van der Waals surface area contributed by atoms with Crippen LogP contribution in [0.2, 0.25) is 0 Å². The number of rotatable bonds is 4. The highest BCUT2D eigenvalue weighted by Crippen LogP contribution is 2.17. The van der Waals surface area contributed by atoms with Crippen molar-refractivity contribution < 1.29 is 29.3 Å². The van der Waals surface area contributed by atoms with Crippen LogP contribution in [-0.2, 0) is 20.7 Å². The van der Waals surface area contributed by atoms with E-state index in [1.54, 1.807) is 20.8 Å². The van der Waals surface area contributed by atoms with Gasteiger partial charge in [-0.25, -0.2) is 9.59 Å². The summed E-state index contributed by atoms with van der Waals surface area (Å²) in [7, 11) is 0. The third kappa shape index (κ3) is 8.71. The van der Waals surface area contributed by atoms with E-state index in [0.29, 0.717) is 0 Å². The molecular formula is C20H25NO6. The van der Waals surface area contributed by atoms with Crippen molar-refractivity contribution >= 4 is 28.8 Å². The van der Waals surface area contributed by atoms with Crippen LogP contribution >= 0.6 is 0 Å². The lowest BCUT2D eigenvalue weighted by atomic mass is 10.0. The molecule has 0 aliphatic carbocycles. The average Bonchev–Trinajstić information content (AvgIpc) is 2.51. The second kappa shape index (κ2) is 9.56. The third-order valence-corrected chi connectivity index (χ3v) is 3.24. The fourth-order valence-corrected chi connectivity index (χ4v) is 2.25. The van der Waals surface area contributed by atoms with Crippen molar-refractivity contribution in [1.82, 2.24) is 5.32 Å². The van der Waals surface area contributed by atoms with Gasteiger partial charge in [-0.2, -0.15) is 0 Å². The van der Waals surface area contributed by atoms with Crippen LogP contribution in [0.1, 0.15) is 33.3 Å². The van der Waals surface area contributed by atoms with Gasteiger partial charge in [-0.15, -0.1) is 0 Å². The standard InChI is InChI=1S/C18H21NO4.C2H4O2/c1-18(2,3)23-17(22)19-15(16(20)21)11-12-8-9-13-6-4-5-7-14(13)10-12;1-2(3)4/h4-10,15H,11H2,1-3H3,(H,19,22)(H,20,21);1H3,(H,3,4). The molecule has 0 saturated heterocycles. The van der Waals surface area contributed by atoms with Crippen molar-refractivity contribution in [1.29, 1.82) is 0 Å². The van der Waals surface area contributed by atoms with E-state index in [2.05, 4.69) is 5.32 Å². The largest absolute Gasteiger partial charge is 0.481 e. The summed E-state index contributed by atoms with van der Waals surface area (Å²) in [6, 6.07) is 12.5. The molecule has 0 bridgehead atoms. The Balaban J connectivity index is 0.000000828. The Kier molecular flexibility index (Phi) is 7.78. The predicted molar refractivity (Wildman–Crippen MR) is 102 cm³/mol. The number of hydrogen-bond donors (Lipinski definition) is 3. The highest BCUT2D eigenvalue weighted by Gasteiger charge is 2.24. The van der Waals surface area contributed by atoms with Gasteiger partial charge in [0.25, 0.3) is 5.97 Å². The van der Waals surface area contributed by atoms with Crippen molar-refractivity contribution in [3.8, 4) is 0 Å². The van der Waals surface area contributed by atoms with Gasteiger partial charge in [0, 0.05) is 13.3 Å². The van der Waals surface area contributed by atoms with E-state index in [-0.39, 0.29) is 6.42 Å². The minimum absolute atomic E-state index is 0.194. The van der Waals surface area contributed by atoms with Gasteiger partial charge in [-0.3, -0.25) is 4.79 Å². The van der Waals surface area contributed by atoms with Crippen molar-refractivity contribution in [2.24, 2.45) is 0 Å². The summed E-state index contributed by atoms with van der Waals surface area (Å²) in [5, 5.41) is 21.3. The van der Waals surface area contributed by atoms with Gasteiger partial charge in [0.15, 0.2) is 0 Å². The number of ether oxygens (including phenoxy) is 1. The number of carboxylic acid groups (broad SMARTS) is 2. The maximum Gasteiger partial charge on any atom is 0.408 e. The zero-order valence-corrected chi connectivity index (χ0v) is 15.9. The quantitative estimate of drug-likeness (QED) is 0.754. The van der Waals surface area contributed by atoms with Crippen LogP contribution < -0.4 is 5.32 Å². The molecule has 7 heteroatoms. The molecule has 0 fully saturated rings. The van der Waals surface area contributed by atoms with Crippen molar-refractivity contribution in [2.45, 2.75) is 45.8 Å². The Morgan fingerprint density at radius 3 is 2.11 bits per heavy atom. The summed E-state index contributed by atoms with van der Waals surface area (Å²) in [5.41, 5.74) is 0.169. The summed E-state index contributed by atoms with van der Waals surface area (Å²) >= 11 is 0. The Bertz CT molecular complexity index is 805. The van der Waals surface area contributed by atoms with Crippen LogP contribution in [0.25, 0.3) is 10.8 Å². The van der Waals surface area contributed by atoms with Crippen molar-refractivity contribution in [3.63, 3.8) is 0 Å². The number of carbonyl (C=O) groups excluding carboxylic acids is 1. The summed E-state index contributed by atoms with van der Waals surface area (Å²) in [6.45, 7) is 6.27. The van der Waals surface area contributed by atoms with Gasteiger partial charge in [0.2, 0.25) is 0 Å². The third-order valence-electron chi connectivity index (χ3n) is 3.24. The maximum atomic E-state index is 11.8. The molecule has 0 aliphatic heterocycles. The van der Waals surface area contributed by atoms with E-state index in [9.17, 15) is 14.7 Å². The normalized spacial score (nSPS) is 11.7. The second-order valence-corrected chi connectivity index (χ2v) is 6.94. The van der Waals surface area contributed by atoms with Crippen LogP contribution in [0.15, 0.2) is 42.5 Å². The van der Waals surface area contributed by atoms with Crippen molar-refractivity contribution in [2.75, 3.05) is 0 Å². The predicted octanol–water partition coefficient (Wildman–Crippen LogP) is 3.45. The van der Waals surface area contributed by atoms with E-state index < -0.39 is 29.7 Å². The number of fused-ring (bicyclic) bond motifs is 1. The zero-order chi connectivity index (χ0) is 20.6. The number of aliphatic carboxylic acids is 2. The van der Waals surface area contributed by atoms with E-state index in [1.165, 1.54) is 0 Å². The van der Waals surface area contributed by atoms with Gasteiger partial charge >= 0.3 is 12.1 Å². The fourth-order valence-electron chi connectivity index (χ4n) is 2.25. The minimum Gasteiger partial charge on any atom is -0.481 e. The number of nitrogens with one attached hydrogen (secondary N) is 1. The molecule has 146 valence electrons. The molecule has 2 aromatic rings. The van der Waals surface area contributed by atoms with Gasteiger partial charge < -0.3 is 20.3 Å². The van der Waals surface area contributed by atoms with Crippen LogP contribution in [0.3, 0.4) is 0 Å². The number of amides is 1. The molecular weight excluding hydrogens is 350 g/mol. The molecule has 0 heterocycles. The molecule has 0 spiro atoms. The highest BCUT2D eigenvalue weighted by molar-refractivity contribution is 5.84. The summed E-state index contributed by atoms with van der Waals surface area (Å²) in [4.78, 5) is 32.2. The van der Waals surface area contributed by atoms with Gasteiger partial charge in [-0.1, -0.05) is 42.5 Å². The Labute approximate surface area is 158 Å². The number of carboxylic acids is 2. The molecule has 2 aromatic carbocycles. The Morgan fingerprint density at radius 2 is 1.59 bits per heavy atom. The molecule has 27 heavy (non-hydrogen) atoms. The van der Waals surface area contributed by atoms with Gasteiger partial charge in [-0.05, 0) is 37.1 Å².